The minimum absolute atomic E-state index is 0.380. The highest BCUT2D eigenvalue weighted by atomic mass is 16.5. The molecule has 2 fully saturated rings. The van der Waals surface area contributed by atoms with E-state index in [1.54, 1.807) is 7.11 Å². The molecule has 0 aliphatic carbocycles. The molecule has 5 heterocycles. The number of aryl methyl sites for hydroxylation is 1. The second-order valence-electron chi connectivity index (χ2n) is 8.80. The van der Waals surface area contributed by atoms with E-state index in [1.165, 1.54) is 0 Å². The van der Waals surface area contributed by atoms with Crippen LogP contribution in [0.3, 0.4) is 0 Å². The number of rotatable bonds is 6. The van der Waals surface area contributed by atoms with E-state index in [9.17, 15) is 0 Å². The SMILES string of the molecule is COc1nc(Nc2cc(C)[nH]n2)nc2c1ccn2[C@@H]1C[C@H]2CC(CCC#N)C[C@@H](C1)N2. The van der Waals surface area contributed by atoms with Gasteiger partial charge in [0.1, 0.15) is 5.65 Å². The summed E-state index contributed by atoms with van der Waals surface area (Å²) in [6, 6.07) is 7.63. The highest BCUT2D eigenvalue weighted by Gasteiger charge is 2.36. The standard InChI is InChI=1S/C22H28N8O/c1-13-8-19(29-28-13)25-22-26-20-18(21(27-22)31-2)5-7-30(20)17-11-15-9-14(4-3-6-23)10-16(12-17)24-15/h5,7-8,14-17,24H,3-4,9-12H2,1-2H3,(H2,25,26,27,28,29)/t14?,15-,16+,17-. The van der Waals surface area contributed by atoms with E-state index in [1.807, 2.05) is 19.1 Å². The molecule has 0 amide bonds. The number of nitrogens with one attached hydrogen (secondary N) is 3. The Morgan fingerprint density at radius 3 is 2.74 bits per heavy atom. The number of H-pyrrole nitrogens is 1. The Bertz CT molecular complexity index is 1100. The molecule has 2 bridgehead atoms. The van der Waals surface area contributed by atoms with Gasteiger partial charge in [-0.05, 0) is 51.0 Å². The van der Waals surface area contributed by atoms with Gasteiger partial charge in [0.25, 0.3) is 0 Å². The summed E-state index contributed by atoms with van der Waals surface area (Å²) in [7, 11) is 1.64. The molecule has 2 saturated heterocycles. The number of nitrogens with zero attached hydrogens (tertiary/aromatic N) is 5. The second-order valence-corrected chi connectivity index (χ2v) is 8.80. The van der Waals surface area contributed by atoms with Crippen molar-refractivity contribution in [2.24, 2.45) is 5.92 Å². The summed E-state index contributed by atoms with van der Waals surface area (Å²) in [5, 5.41) is 24.0. The quantitative estimate of drug-likeness (QED) is 0.558. The van der Waals surface area contributed by atoms with Gasteiger partial charge in [-0.1, -0.05) is 0 Å². The molecule has 4 atom stereocenters. The number of aromatic nitrogens is 5. The Kier molecular flexibility index (Phi) is 5.24. The number of fused-ring (bicyclic) bond motifs is 3. The summed E-state index contributed by atoms with van der Waals surface area (Å²) in [5.41, 5.74) is 1.85. The molecule has 3 N–H and O–H groups in total. The van der Waals surface area contributed by atoms with Crippen molar-refractivity contribution in [3.63, 3.8) is 0 Å². The lowest BCUT2D eigenvalue weighted by Crippen LogP contribution is -2.51. The van der Waals surface area contributed by atoms with Gasteiger partial charge in [0.05, 0.1) is 18.6 Å². The number of hydrogen-bond acceptors (Lipinski definition) is 7. The van der Waals surface area contributed by atoms with Crippen LogP contribution >= 0.6 is 0 Å². The Balaban J connectivity index is 1.41. The first-order valence-electron chi connectivity index (χ1n) is 11.0. The fourth-order valence-electron chi connectivity index (χ4n) is 5.29. The van der Waals surface area contributed by atoms with E-state index in [4.69, 9.17) is 15.0 Å². The monoisotopic (exact) mass is 420 g/mol. The Morgan fingerprint density at radius 1 is 1.26 bits per heavy atom. The van der Waals surface area contributed by atoms with Gasteiger partial charge in [0.15, 0.2) is 5.82 Å². The van der Waals surface area contributed by atoms with E-state index < -0.39 is 0 Å². The molecule has 5 rings (SSSR count). The van der Waals surface area contributed by atoms with E-state index in [0.717, 1.165) is 48.8 Å². The maximum atomic E-state index is 8.92. The zero-order chi connectivity index (χ0) is 21.4. The third kappa shape index (κ3) is 3.95. The predicted molar refractivity (Wildman–Crippen MR) is 117 cm³/mol. The molecule has 2 aliphatic heterocycles. The second kappa shape index (κ2) is 8.19. The number of ether oxygens (including phenoxy) is 1. The van der Waals surface area contributed by atoms with Gasteiger partial charge in [-0.25, -0.2) is 0 Å². The van der Waals surface area contributed by atoms with Crippen LogP contribution in [0.15, 0.2) is 18.3 Å². The van der Waals surface area contributed by atoms with Crippen LogP contribution in [0.5, 0.6) is 5.88 Å². The third-order valence-corrected chi connectivity index (χ3v) is 6.55. The summed E-state index contributed by atoms with van der Waals surface area (Å²) < 4.78 is 7.86. The summed E-state index contributed by atoms with van der Waals surface area (Å²) in [5.74, 6) is 2.37. The number of aromatic amines is 1. The molecular formula is C22H28N8O. The van der Waals surface area contributed by atoms with Crippen molar-refractivity contribution in [1.82, 2.24) is 30.0 Å². The first kappa shape index (κ1) is 19.8. The molecule has 2 aliphatic rings. The van der Waals surface area contributed by atoms with Crippen LogP contribution in [-0.2, 0) is 0 Å². The van der Waals surface area contributed by atoms with Crippen LogP contribution in [0, 0.1) is 24.2 Å². The molecular weight excluding hydrogens is 392 g/mol. The van der Waals surface area contributed by atoms with Crippen molar-refractivity contribution in [3.8, 4) is 11.9 Å². The largest absolute Gasteiger partial charge is 0.480 e. The Morgan fingerprint density at radius 2 is 2.06 bits per heavy atom. The van der Waals surface area contributed by atoms with E-state index in [-0.39, 0.29) is 0 Å². The van der Waals surface area contributed by atoms with E-state index in [0.29, 0.717) is 48.1 Å². The minimum atomic E-state index is 0.380. The Labute approximate surface area is 181 Å². The van der Waals surface area contributed by atoms with Crippen molar-refractivity contribution in [2.45, 2.75) is 63.6 Å². The molecule has 3 aromatic heterocycles. The topological polar surface area (TPSA) is 116 Å². The number of anilines is 2. The van der Waals surface area contributed by atoms with Crippen molar-refractivity contribution < 1.29 is 4.74 Å². The molecule has 162 valence electrons. The number of piperidine rings is 2. The lowest BCUT2D eigenvalue weighted by atomic mass is 9.77. The average molecular weight is 421 g/mol. The van der Waals surface area contributed by atoms with Crippen LogP contribution in [0.25, 0.3) is 11.0 Å². The molecule has 3 aromatic rings. The molecule has 0 spiro atoms. The van der Waals surface area contributed by atoms with Crippen molar-refractivity contribution in [2.75, 3.05) is 12.4 Å². The Hall–Kier alpha value is -3.12. The summed E-state index contributed by atoms with van der Waals surface area (Å²) in [4.78, 5) is 9.35. The average Bonchev–Trinajstić information content (AvgIpc) is 3.37. The summed E-state index contributed by atoms with van der Waals surface area (Å²) in [6.07, 6.45) is 8.23. The van der Waals surface area contributed by atoms with Gasteiger partial charge < -0.3 is 19.9 Å². The molecule has 1 unspecified atom stereocenters. The highest BCUT2D eigenvalue weighted by Crippen LogP contribution is 2.39. The molecule has 9 nitrogen and oxygen atoms in total. The smallest absolute Gasteiger partial charge is 0.233 e. The third-order valence-electron chi connectivity index (χ3n) is 6.55. The van der Waals surface area contributed by atoms with Gasteiger partial charge in [0.2, 0.25) is 11.8 Å². The van der Waals surface area contributed by atoms with Crippen LogP contribution in [0.4, 0.5) is 11.8 Å². The molecule has 9 heteroatoms. The zero-order valence-electron chi connectivity index (χ0n) is 17.9. The van der Waals surface area contributed by atoms with Gasteiger partial charge in [-0.2, -0.15) is 20.3 Å². The highest BCUT2D eigenvalue weighted by molar-refractivity contribution is 5.83. The number of methoxy groups -OCH3 is 1. The van der Waals surface area contributed by atoms with Crippen LogP contribution in [0.1, 0.15) is 50.3 Å². The van der Waals surface area contributed by atoms with Crippen LogP contribution in [0.2, 0.25) is 0 Å². The van der Waals surface area contributed by atoms with E-state index in [2.05, 4.69) is 42.6 Å². The normalized spacial score (nSPS) is 25.3. The van der Waals surface area contributed by atoms with Gasteiger partial charge in [-0.15, -0.1) is 0 Å². The molecule has 31 heavy (non-hydrogen) atoms. The van der Waals surface area contributed by atoms with Crippen molar-refractivity contribution in [3.05, 3.63) is 24.0 Å². The predicted octanol–water partition coefficient (Wildman–Crippen LogP) is 3.59. The van der Waals surface area contributed by atoms with Crippen molar-refractivity contribution in [1.29, 1.82) is 5.26 Å². The maximum Gasteiger partial charge on any atom is 0.233 e. The molecule has 0 aromatic carbocycles. The molecule has 0 saturated carbocycles. The van der Waals surface area contributed by atoms with Gasteiger partial charge in [0, 0.05) is 42.5 Å². The number of nitriles is 1. The molecule has 0 radical (unpaired) electrons. The first-order chi connectivity index (χ1) is 15.1. The summed E-state index contributed by atoms with van der Waals surface area (Å²) in [6.45, 7) is 1.95. The minimum Gasteiger partial charge on any atom is -0.480 e. The summed E-state index contributed by atoms with van der Waals surface area (Å²) >= 11 is 0. The van der Waals surface area contributed by atoms with E-state index >= 15 is 0 Å². The van der Waals surface area contributed by atoms with Gasteiger partial charge >= 0.3 is 0 Å². The fraction of sp³-hybridized carbons (Fsp3) is 0.545. The first-order valence-corrected chi connectivity index (χ1v) is 11.0. The lowest BCUT2D eigenvalue weighted by Gasteiger charge is -2.44. The zero-order valence-corrected chi connectivity index (χ0v) is 17.9. The van der Waals surface area contributed by atoms with Crippen LogP contribution < -0.4 is 15.4 Å². The fourth-order valence-corrected chi connectivity index (χ4v) is 5.29. The maximum absolute atomic E-state index is 8.92. The van der Waals surface area contributed by atoms with Crippen LogP contribution in [-0.4, -0.2) is 43.9 Å². The lowest BCUT2D eigenvalue weighted by molar-refractivity contribution is 0.144. The van der Waals surface area contributed by atoms with Crippen molar-refractivity contribution >= 4 is 22.8 Å². The number of hydrogen-bond donors (Lipinski definition) is 3. The van der Waals surface area contributed by atoms with Gasteiger partial charge in [-0.3, -0.25) is 5.10 Å².